The van der Waals surface area contributed by atoms with Crippen LogP contribution in [0.4, 0.5) is 0 Å². The zero-order chi connectivity index (χ0) is 13.3. The molecule has 0 radical (unpaired) electrons. The van der Waals surface area contributed by atoms with E-state index in [0.717, 1.165) is 0 Å². The Balaban J connectivity index is 5.25. The molecule has 0 aromatic heterocycles. The maximum atomic E-state index is 11.7. The minimum absolute atomic E-state index is 0.0249. The average Bonchev–Trinajstić information content (AvgIpc) is 2.35. The monoisotopic (exact) mass is 240 g/mol. The van der Waals surface area contributed by atoms with Crippen molar-refractivity contribution in [1.82, 2.24) is 0 Å². The van der Waals surface area contributed by atoms with Gasteiger partial charge in [0.05, 0.1) is 20.8 Å². The standard InChI is InChI=1S/C12H16O5/c1-4-7-12(10(14)16-2,11(15)17-3)8-5-6-9-13/h1,5-6,13H,7-9H2,2-3H3/b6-5+. The summed E-state index contributed by atoms with van der Waals surface area (Å²) in [7, 11) is 2.35. The Morgan fingerprint density at radius 2 is 1.82 bits per heavy atom. The number of hydrogen-bond acceptors (Lipinski definition) is 5. The third kappa shape index (κ3) is 3.61. The van der Waals surface area contributed by atoms with Gasteiger partial charge in [-0.15, -0.1) is 12.3 Å². The third-order valence-corrected chi connectivity index (χ3v) is 2.29. The minimum Gasteiger partial charge on any atom is -0.468 e. The van der Waals surface area contributed by atoms with Crippen LogP contribution in [-0.2, 0) is 19.1 Å². The van der Waals surface area contributed by atoms with Gasteiger partial charge in [0.2, 0.25) is 0 Å². The van der Waals surface area contributed by atoms with E-state index < -0.39 is 17.4 Å². The summed E-state index contributed by atoms with van der Waals surface area (Å²) in [6.45, 7) is -0.186. The van der Waals surface area contributed by atoms with Crippen LogP contribution < -0.4 is 0 Å². The van der Waals surface area contributed by atoms with E-state index in [0.29, 0.717) is 0 Å². The van der Waals surface area contributed by atoms with Crippen molar-refractivity contribution in [2.75, 3.05) is 20.8 Å². The molecule has 0 amide bonds. The summed E-state index contributed by atoms with van der Waals surface area (Å²) in [5.41, 5.74) is -1.54. The van der Waals surface area contributed by atoms with Gasteiger partial charge in [0, 0.05) is 6.42 Å². The number of carbonyl (C=O) groups excluding carboxylic acids is 2. The third-order valence-electron chi connectivity index (χ3n) is 2.29. The smallest absolute Gasteiger partial charge is 0.324 e. The van der Waals surface area contributed by atoms with E-state index in [1.807, 2.05) is 0 Å². The van der Waals surface area contributed by atoms with Gasteiger partial charge in [-0.3, -0.25) is 9.59 Å². The molecule has 0 saturated heterocycles. The van der Waals surface area contributed by atoms with Crippen LogP contribution in [0.5, 0.6) is 0 Å². The number of methoxy groups -OCH3 is 2. The number of hydrogen-bond donors (Lipinski definition) is 1. The first kappa shape index (κ1) is 15.2. The normalized spacial score (nSPS) is 10.9. The highest BCUT2D eigenvalue weighted by Gasteiger charge is 2.46. The van der Waals surface area contributed by atoms with Crippen LogP contribution in [-0.4, -0.2) is 37.9 Å². The number of rotatable bonds is 6. The molecule has 0 spiro atoms. The molecule has 0 aromatic carbocycles. The molecule has 0 aliphatic carbocycles. The number of aliphatic hydroxyl groups is 1. The maximum absolute atomic E-state index is 11.7. The number of ether oxygens (including phenoxy) is 2. The SMILES string of the molecule is C#CCC(C/C=C/CO)(C(=O)OC)C(=O)OC. The van der Waals surface area contributed by atoms with Crippen LogP contribution in [0.2, 0.25) is 0 Å². The summed E-state index contributed by atoms with van der Waals surface area (Å²) in [5.74, 6) is 0.777. The topological polar surface area (TPSA) is 72.8 Å². The van der Waals surface area contributed by atoms with E-state index in [1.165, 1.54) is 26.4 Å². The lowest BCUT2D eigenvalue weighted by molar-refractivity contribution is -0.168. The fraction of sp³-hybridized carbons (Fsp3) is 0.500. The number of aliphatic hydroxyl groups excluding tert-OH is 1. The lowest BCUT2D eigenvalue weighted by Crippen LogP contribution is -2.40. The van der Waals surface area contributed by atoms with E-state index in [1.54, 1.807) is 0 Å². The molecule has 0 unspecified atom stereocenters. The van der Waals surface area contributed by atoms with Gasteiger partial charge in [-0.05, 0) is 6.42 Å². The fourth-order valence-electron chi connectivity index (χ4n) is 1.39. The van der Waals surface area contributed by atoms with Gasteiger partial charge in [-0.1, -0.05) is 12.2 Å². The van der Waals surface area contributed by atoms with Crippen LogP contribution in [0.15, 0.2) is 12.2 Å². The van der Waals surface area contributed by atoms with Crippen LogP contribution in [0.3, 0.4) is 0 Å². The molecule has 0 aromatic rings. The molecule has 0 fully saturated rings. The quantitative estimate of drug-likeness (QED) is 0.312. The first-order chi connectivity index (χ1) is 8.08. The second-order valence-corrected chi connectivity index (χ2v) is 3.30. The summed E-state index contributed by atoms with van der Waals surface area (Å²) in [6, 6.07) is 0. The summed E-state index contributed by atoms with van der Waals surface area (Å²) >= 11 is 0. The van der Waals surface area contributed by atoms with Crippen molar-refractivity contribution in [1.29, 1.82) is 0 Å². The highest BCUT2D eigenvalue weighted by atomic mass is 16.5. The lowest BCUT2D eigenvalue weighted by atomic mass is 9.81. The number of allylic oxidation sites excluding steroid dienone is 1. The van der Waals surface area contributed by atoms with Gasteiger partial charge in [0.1, 0.15) is 0 Å². The molecule has 0 heterocycles. The Hall–Kier alpha value is -1.80. The van der Waals surface area contributed by atoms with Gasteiger partial charge in [0.25, 0.3) is 0 Å². The largest absolute Gasteiger partial charge is 0.468 e. The molecular weight excluding hydrogens is 224 g/mol. The fourth-order valence-corrected chi connectivity index (χ4v) is 1.39. The zero-order valence-corrected chi connectivity index (χ0v) is 9.93. The van der Waals surface area contributed by atoms with Gasteiger partial charge < -0.3 is 14.6 Å². The van der Waals surface area contributed by atoms with Crippen LogP contribution in [0.1, 0.15) is 12.8 Å². The van der Waals surface area contributed by atoms with E-state index in [4.69, 9.17) is 11.5 Å². The van der Waals surface area contributed by atoms with Crippen LogP contribution in [0.25, 0.3) is 0 Å². The predicted molar refractivity (Wildman–Crippen MR) is 60.8 cm³/mol. The Labute approximate surface area is 100 Å². The second kappa shape index (κ2) is 7.47. The molecule has 5 nitrogen and oxygen atoms in total. The number of carbonyl (C=O) groups is 2. The lowest BCUT2D eigenvalue weighted by Gasteiger charge is -2.24. The first-order valence-corrected chi connectivity index (χ1v) is 4.95. The molecule has 0 saturated carbocycles. The summed E-state index contributed by atoms with van der Waals surface area (Å²) in [4.78, 5) is 23.4. The van der Waals surface area contributed by atoms with E-state index >= 15 is 0 Å². The number of esters is 2. The van der Waals surface area contributed by atoms with E-state index in [2.05, 4.69) is 15.4 Å². The van der Waals surface area contributed by atoms with Crippen molar-refractivity contribution >= 4 is 11.9 Å². The molecule has 0 atom stereocenters. The minimum atomic E-state index is -1.54. The van der Waals surface area contributed by atoms with Gasteiger partial charge >= 0.3 is 11.9 Å². The van der Waals surface area contributed by atoms with Gasteiger partial charge in [0.15, 0.2) is 5.41 Å². The molecule has 0 rings (SSSR count). The van der Waals surface area contributed by atoms with Crippen molar-refractivity contribution < 1.29 is 24.2 Å². The highest BCUT2D eigenvalue weighted by Crippen LogP contribution is 2.30. The Morgan fingerprint density at radius 1 is 1.29 bits per heavy atom. The van der Waals surface area contributed by atoms with Gasteiger partial charge in [-0.2, -0.15) is 0 Å². The van der Waals surface area contributed by atoms with E-state index in [9.17, 15) is 9.59 Å². The molecule has 0 aliphatic rings. The molecule has 0 bridgehead atoms. The summed E-state index contributed by atoms with van der Waals surface area (Å²) in [6.07, 6.45) is 7.97. The molecule has 0 aliphatic heterocycles. The zero-order valence-electron chi connectivity index (χ0n) is 9.93. The second-order valence-electron chi connectivity index (χ2n) is 3.30. The van der Waals surface area contributed by atoms with Crippen molar-refractivity contribution in [2.45, 2.75) is 12.8 Å². The molecule has 94 valence electrons. The molecule has 5 heteroatoms. The predicted octanol–water partition coefficient (Wildman–Crippen LogP) is 0.281. The Kier molecular flexibility index (Phi) is 6.68. The van der Waals surface area contributed by atoms with Crippen molar-refractivity contribution in [3.63, 3.8) is 0 Å². The number of terminal acetylenes is 1. The van der Waals surface area contributed by atoms with Crippen LogP contribution in [0, 0.1) is 17.8 Å². The first-order valence-electron chi connectivity index (χ1n) is 4.95. The molecule has 1 N–H and O–H groups in total. The summed E-state index contributed by atoms with van der Waals surface area (Å²) in [5, 5.41) is 8.63. The maximum Gasteiger partial charge on any atom is 0.324 e. The van der Waals surface area contributed by atoms with E-state index in [-0.39, 0.29) is 19.4 Å². The summed E-state index contributed by atoms with van der Waals surface area (Å²) < 4.78 is 9.18. The Bertz CT molecular complexity index is 321. The van der Waals surface area contributed by atoms with Gasteiger partial charge in [-0.25, -0.2) is 0 Å². The van der Waals surface area contributed by atoms with Crippen molar-refractivity contribution in [2.24, 2.45) is 5.41 Å². The van der Waals surface area contributed by atoms with Crippen molar-refractivity contribution in [3.05, 3.63) is 12.2 Å². The van der Waals surface area contributed by atoms with Crippen LogP contribution >= 0.6 is 0 Å². The molecular formula is C12H16O5. The van der Waals surface area contributed by atoms with Crippen molar-refractivity contribution in [3.8, 4) is 12.3 Å². The molecule has 17 heavy (non-hydrogen) atoms. The Morgan fingerprint density at radius 3 is 2.18 bits per heavy atom. The highest BCUT2D eigenvalue weighted by molar-refractivity contribution is 6.00. The average molecular weight is 240 g/mol.